The van der Waals surface area contributed by atoms with Gasteiger partial charge in [0.15, 0.2) is 0 Å². The molecule has 0 saturated heterocycles. The molecule has 2 rings (SSSR count). The number of hydrogen-bond donors (Lipinski definition) is 2. The zero-order chi connectivity index (χ0) is 12.5. The van der Waals surface area contributed by atoms with Crippen LogP contribution in [0.5, 0.6) is 0 Å². The van der Waals surface area contributed by atoms with Crippen molar-refractivity contribution >= 4 is 33.0 Å². The highest BCUT2D eigenvalue weighted by molar-refractivity contribution is 7.91. The Balaban J connectivity index is 1.94. The number of thiophene rings is 1. The molecule has 2 atom stereocenters. The van der Waals surface area contributed by atoms with E-state index in [-0.39, 0.29) is 16.2 Å². The monoisotopic (exact) mass is 295 g/mol. The highest BCUT2D eigenvalue weighted by atomic mass is 35.5. The van der Waals surface area contributed by atoms with Crippen molar-refractivity contribution in [1.82, 2.24) is 4.72 Å². The normalized spacial score (nSPS) is 25.3. The summed E-state index contributed by atoms with van der Waals surface area (Å²) in [6, 6.07) is 3.07. The van der Waals surface area contributed by atoms with E-state index in [1.54, 1.807) is 6.07 Å². The Bertz CT molecular complexity index is 485. The molecule has 0 aliphatic heterocycles. The lowest BCUT2D eigenvalue weighted by molar-refractivity contribution is 0.178. The van der Waals surface area contributed by atoms with Crippen LogP contribution in [0.15, 0.2) is 16.3 Å². The van der Waals surface area contributed by atoms with Gasteiger partial charge in [-0.05, 0) is 37.3 Å². The van der Waals surface area contributed by atoms with Gasteiger partial charge in [-0.3, -0.25) is 0 Å². The van der Waals surface area contributed by atoms with Crippen LogP contribution in [0.2, 0.25) is 4.34 Å². The Kier molecular flexibility index (Phi) is 4.10. The second kappa shape index (κ2) is 5.24. The van der Waals surface area contributed by atoms with Gasteiger partial charge in [0.25, 0.3) is 0 Å². The molecule has 1 aromatic heterocycles. The van der Waals surface area contributed by atoms with Crippen LogP contribution in [0.3, 0.4) is 0 Å². The fourth-order valence-electron chi connectivity index (χ4n) is 1.97. The Morgan fingerprint density at radius 1 is 1.47 bits per heavy atom. The summed E-state index contributed by atoms with van der Waals surface area (Å²) in [5.41, 5.74) is 0. The first-order valence-corrected chi connectivity index (χ1v) is 8.08. The minimum atomic E-state index is -3.44. The molecule has 0 amide bonds. The zero-order valence-electron chi connectivity index (χ0n) is 9.10. The summed E-state index contributed by atoms with van der Waals surface area (Å²) < 4.78 is 27.0. The fraction of sp³-hybridized carbons (Fsp3) is 0.600. The summed E-state index contributed by atoms with van der Waals surface area (Å²) in [6.45, 7) is 0.384. The maximum atomic E-state index is 11.9. The largest absolute Gasteiger partial charge is 0.393 e. The van der Waals surface area contributed by atoms with E-state index in [4.69, 9.17) is 11.6 Å². The summed E-state index contributed by atoms with van der Waals surface area (Å²) in [5.74, 6) is 0.232. The zero-order valence-corrected chi connectivity index (χ0v) is 11.5. The molecule has 0 spiro atoms. The lowest BCUT2D eigenvalue weighted by Crippen LogP contribution is -2.28. The minimum Gasteiger partial charge on any atom is -0.393 e. The van der Waals surface area contributed by atoms with E-state index < -0.39 is 10.0 Å². The summed E-state index contributed by atoms with van der Waals surface area (Å²) in [6.07, 6.45) is 2.03. The second-order valence-electron chi connectivity index (χ2n) is 4.24. The fourth-order valence-corrected chi connectivity index (χ4v) is 4.62. The van der Waals surface area contributed by atoms with Gasteiger partial charge < -0.3 is 5.11 Å². The van der Waals surface area contributed by atoms with Crippen LogP contribution in [0.4, 0.5) is 0 Å². The number of hydrogen-bond acceptors (Lipinski definition) is 4. The lowest BCUT2D eigenvalue weighted by Gasteiger charge is -2.10. The molecule has 7 heteroatoms. The van der Waals surface area contributed by atoms with Crippen LogP contribution in [0, 0.1) is 5.92 Å². The van der Waals surface area contributed by atoms with Crippen LogP contribution in [-0.4, -0.2) is 26.2 Å². The van der Waals surface area contributed by atoms with E-state index in [1.807, 2.05) is 0 Å². The predicted octanol–water partition coefficient (Wildman–Crippen LogP) is 1.84. The second-order valence-corrected chi connectivity index (χ2v) is 7.95. The van der Waals surface area contributed by atoms with Gasteiger partial charge in [0.1, 0.15) is 4.21 Å². The van der Waals surface area contributed by atoms with E-state index in [2.05, 4.69) is 4.72 Å². The number of aliphatic hydroxyl groups excluding tert-OH is 1. The van der Waals surface area contributed by atoms with Crippen molar-refractivity contribution in [1.29, 1.82) is 0 Å². The van der Waals surface area contributed by atoms with Crippen molar-refractivity contribution in [2.24, 2.45) is 5.92 Å². The molecular formula is C10H14ClNO3S2. The number of aliphatic hydroxyl groups is 1. The van der Waals surface area contributed by atoms with Gasteiger partial charge in [-0.2, -0.15) is 0 Å². The predicted molar refractivity (Wildman–Crippen MR) is 67.9 cm³/mol. The van der Waals surface area contributed by atoms with Crippen molar-refractivity contribution in [3.63, 3.8) is 0 Å². The maximum absolute atomic E-state index is 11.9. The van der Waals surface area contributed by atoms with Crippen LogP contribution in [0.25, 0.3) is 0 Å². The van der Waals surface area contributed by atoms with Crippen molar-refractivity contribution in [3.05, 3.63) is 16.5 Å². The summed E-state index contributed by atoms with van der Waals surface area (Å²) in [7, 11) is -3.44. The van der Waals surface area contributed by atoms with Gasteiger partial charge in [-0.25, -0.2) is 13.1 Å². The van der Waals surface area contributed by atoms with Crippen LogP contribution >= 0.6 is 22.9 Å². The van der Waals surface area contributed by atoms with Crippen molar-refractivity contribution < 1.29 is 13.5 Å². The number of halogens is 1. The third kappa shape index (κ3) is 3.42. The minimum absolute atomic E-state index is 0.232. The maximum Gasteiger partial charge on any atom is 0.250 e. The highest BCUT2D eigenvalue weighted by Gasteiger charge is 2.25. The molecule has 1 aromatic rings. The first kappa shape index (κ1) is 13.3. The Hall–Kier alpha value is -0.140. The van der Waals surface area contributed by atoms with E-state index in [0.29, 0.717) is 17.3 Å². The molecule has 1 aliphatic rings. The molecule has 1 fully saturated rings. The Labute approximate surface area is 110 Å². The number of nitrogens with one attached hydrogen (secondary N) is 1. The average Bonchev–Trinajstić information content (AvgIpc) is 2.85. The molecule has 0 bridgehead atoms. The first-order valence-electron chi connectivity index (χ1n) is 5.40. The molecule has 2 N–H and O–H groups in total. The highest BCUT2D eigenvalue weighted by Crippen LogP contribution is 2.27. The molecule has 0 aromatic carbocycles. The molecule has 4 nitrogen and oxygen atoms in total. The topological polar surface area (TPSA) is 66.4 Å². The van der Waals surface area contributed by atoms with Gasteiger partial charge in [0.05, 0.1) is 10.4 Å². The van der Waals surface area contributed by atoms with E-state index >= 15 is 0 Å². The standard InChI is InChI=1S/C10H14ClNO3S2/c11-9-3-4-10(16-9)17(14,15)12-6-7-1-2-8(13)5-7/h3-4,7-8,12-13H,1-2,5-6H2. The van der Waals surface area contributed by atoms with Gasteiger partial charge in [0.2, 0.25) is 10.0 Å². The first-order chi connectivity index (χ1) is 7.97. The smallest absolute Gasteiger partial charge is 0.250 e. The number of rotatable bonds is 4. The van der Waals surface area contributed by atoms with Crippen LogP contribution in [0.1, 0.15) is 19.3 Å². The van der Waals surface area contributed by atoms with Crippen molar-refractivity contribution in [2.45, 2.75) is 29.6 Å². The SMILES string of the molecule is O=S(=O)(NCC1CCC(O)C1)c1ccc(Cl)s1. The molecular weight excluding hydrogens is 282 g/mol. The van der Waals surface area contributed by atoms with Gasteiger partial charge in [0, 0.05) is 6.54 Å². The molecule has 2 unspecified atom stereocenters. The molecule has 17 heavy (non-hydrogen) atoms. The summed E-state index contributed by atoms with van der Waals surface area (Å²) in [5, 5.41) is 9.36. The van der Waals surface area contributed by atoms with Crippen molar-refractivity contribution in [2.75, 3.05) is 6.54 Å². The summed E-state index contributed by atoms with van der Waals surface area (Å²) in [4.78, 5) is 0. The molecule has 1 heterocycles. The van der Waals surface area contributed by atoms with Crippen molar-refractivity contribution in [3.8, 4) is 0 Å². The van der Waals surface area contributed by atoms with E-state index in [0.717, 1.165) is 24.2 Å². The summed E-state index contributed by atoms with van der Waals surface area (Å²) >= 11 is 6.75. The molecule has 1 saturated carbocycles. The van der Waals surface area contributed by atoms with Gasteiger partial charge >= 0.3 is 0 Å². The lowest BCUT2D eigenvalue weighted by atomic mass is 10.1. The number of sulfonamides is 1. The van der Waals surface area contributed by atoms with Crippen LogP contribution in [-0.2, 0) is 10.0 Å². The van der Waals surface area contributed by atoms with Gasteiger partial charge in [-0.15, -0.1) is 11.3 Å². The van der Waals surface area contributed by atoms with Gasteiger partial charge in [-0.1, -0.05) is 11.6 Å². The molecule has 96 valence electrons. The van der Waals surface area contributed by atoms with E-state index in [9.17, 15) is 13.5 Å². The van der Waals surface area contributed by atoms with Crippen LogP contribution < -0.4 is 4.72 Å². The van der Waals surface area contributed by atoms with E-state index in [1.165, 1.54) is 6.07 Å². The quantitative estimate of drug-likeness (QED) is 0.891. The Morgan fingerprint density at radius 3 is 2.76 bits per heavy atom. The third-order valence-corrected chi connectivity index (χ3v) is 6.04. The average molecular weight is 296 g/mol. The molecule has 1 aliphatic carbocycles. The molecule has 0 radical (unpaired) electrons. The third-order valence-electron chi connectivity index (χ3n) is 2.89. The Morgan fingerprint density at radius 2 is 2.24 bits per heavy atom.